The number of nitro groups is 1. The fourth-order valence-corrected chi connectivity index (χ4v) is 9.53. The second kappa shape index (κ2) is 12.3. The van der Waals surface area contributed by atoms with Crippen molar-refractivity contribution in [3.63, 3.8) is 0 Å². The highest BCUT2D eigenvalue weighted by Crippen LogP contribution is 2.38. The first-order chi connectivity index (χ1) is 19.6. The zero-order valence-corrected chi connectivity index (χ0v) is 24.7. The molecule has 8 nitrogen and oxygen atoms in total. The number of hydrogen-bond acceptors (Lipinski definition) is 6. The van der Waals surface area contributed by atoms with Gasteiger partial charge in [0.1, 0.15) is 11.5 Å². The Balaban J connectivity index is 1.57. The van der Waals surface area contributed by atoms with Crippen molar-refractivity contribution in [3.05, 3.63) is 118 Å². The van der Waals surface area contributed by atoms with Crippen LogP contribution in [0.3, 0.4) is 0 Å². The summed E-state index contributed by atoms with van der Waals surface area (Å²) in [6.07, 6.45) is 0.595. The second-order valence-corrected chi connectivity index (χ2v) is 15.0. The molecular weight excluding hydrogens is 534 g/mol. The molecule has 0 unspecified atom stereocenters. The van der Waals surface area contributed by atoms with Gasteiger partial charge in [-0.15, -0.1) is 0 Å². The number of carbonyl (C=O) groups excluding carboxylic acids is 1. The highest BCUT2D eigenvalue weighted by atomic mass is 28.4. The van der Waals surface area contributed by atoms with Gasteiger partial charge in [0.15, 0.2) is 5.69 Å². The van der Waals surface area contributed by atoms with E-state index in [0.717, 1.165) is 17.4 Å². The van der Waals surface area contributed by atoms with E-state index < -0.39 is 19.1 Å². The lowest BCUT2D eigenvalue weighted by molar-refractivity contribution is -0.384. The third-order valence-electron chi connectivity index (χ3n) is 7.11. The Morgan fingerprint density at radius 3 is 1.95 bits per heavy atom. The summed E-state index contributed by atoms with van der Waals surface area (Å²) in [4.78, 5) is 22.7. The van der Waals surface area contributed by atoms with Gasteiger partial charge in [0, 0.05) is 18.2 Å². The Morgan fingerprint density at radius 2 is 1.49 bits per heavy atom. The predicted octanol–water partition coefficient (Wildman–Crippen LogP) is 5.30. The van der Waals surface area contributed by atoms with Crippen molar-refractivity contribution in [2.75, 3.05) is 19.0 Å². The van der Waals surface area contributed by atoms with Crippen LogP contribution in [0, 0.1) is 10.1 Å². The summed E-state index contributed by atoms with van der Waals surface area (Å²) >= 11 is 0. The molecule has 0 aliphatic heterocycles. The number of rotatable bonds is 11. The van der Waals surface area contributed by atoms with E-state index in [-0.39, 0.29) is 27.7 Å². The Morgan fingerprint density at radius 1 is 0.927 bits per heavy atom. The van der Waals surface area contributed by atoms with E-state index in [0.29, 0.717) is 13.0 Å². The number of methoxy groups -OCH3 is 1. The lowest BCUT2D eigenvalue weighted by atomic mass is 10.1. The van der Waals surface area contributed by atoms with Crippen LogP contribution in [0.2, 0.25) is 5.04 Å². The van der Waals surface area contributed by atoms with Crippen LogP contribution in [0.4, 0.5) is 11.4 Å². The highest BCUT2D eigenvalue weighted by Gasteiger charge is 2.52. The van der Waals surface area contributed by atoms with E-state index in [9.17, 15) is 14.9 Å². The van der Waals surface area contributed by atoms with E-state index in [1.807, 2.05) is 36.4 Å². The summed E-state index contributed by atoms with van der Waals surface area (Å²) in [5.41, 5.74) is 6.30. The highest BCUT2D eigenvalue weighted by molar-refractivity contribution is 7.00. The van der Waals surface area contributed by atoms with Crippen LogP contribution < -0.4 is 30.6 Å². The third kappa shape index (κ3) is 6.25. The molecule has 0 aliphatic rings. The van der Waals surface area contributed by atoms with Crippen LogP contribution in [0.25, 0.3) is 0 Å². The van der Waals surface area contributed by atoms with Gasteiger partial charge in [0.25, 0.3) is 5.69 Å². The number of benzene rings is 4. The van der Waals surface area contributed by atoms with Crippen molar-refractivity contribution in [1.29, 1.82) is 0 Å². The van der Waals surface area contributed by atoms with Crippen molar-refractivity contribution in [2.45, 2.75) is 32.2 Å². The number of nitrogens with one attached hydrogen (secondary N) is 1. The third-order valence-corrected chi connectivity index (χ3v) is 12.1. The average Bonchev–Trinajstić information content (AvgIpc) is 2.96. The summed E-state index contributed by atoms with van der Waals surface area (Å²) in [6, 6.07) is 31.5. The molecule has 0 bridgehead atoms. The molecule has 0 saturated carbocycles. The Labute approximate surface area is 241 Å². The lowest BCUT2D eigenvalue weighted by Crippen LogP contribution is -2.68. The normalized spacial score (nSPS) is 11.5. The fraction of sp³-hybridized carbons (Fsp3) is 0.219. The van der Waals surface area contributed by atoms with Gasteiger partial charge in [-0.3, -0.25) is 14.9 Å². The zero-order chi connectivity index (χ0) is 29.6. The first-order valence-electron chi connectivity index (χ1n) is 13.4. The Kier molecular flexibility index (Phi) is 8.78. The number of amides is 1. The van der Waals surface area contributed by atoms with Crippen molar-refractivity contribution >= 4 is 36.0 Å². The summed E-state index contributed by atoms with van der Waals surface area (Å²) in [6.45, 7) is 7.12. The molecular formula is C32H35N3O5Si. The minimum atomic E-state index is -2.74. The molecule has 3 N–H and O–H groups in total. The monoisotopic (exact) mass is 569 g/mol. The number of hydrogen-bond donors (Lipinski definition) is 2. The molecule has 212 valence electrons. The van der Waals surface area contributed by atoms with E-state index in [4.69, 9.17) is 14.9 Å². The molecule has 1 amide bonds. The molecule has 0 aromatic heterocycles. The maximum absolute atomic E-state index is 11.7. The van der Waals surface area contributed by atoms with Gasteiger partial charge in [0.2, 0.25) is 5.91 Å². The number of primary amides is 1. The largest absolute Gasteiger partial charge is 0.534 e. The summed E-state index contributed by atoms with van der Waals surface area (Å²) in [5, 5.41) is 17.0. The van der Waals surface area contributed by atoms with Crippen molar-refractivity contribution in [2.24, 2.45) is 5.73 Å². The smallest absolute Gasteiger partial charge is 0.319 e. The van der Waals surface area contributed by atoms with E-state index in [1.54, 1.807) is 0 Å². The summed E-state index contributed by atoms with van der Waals surface area (Å²) in [7, 11) is -1.35. The van der Waals surface area contributed by atoms with Crippen molar-refractivity contribution < 1.29 is 18.9 Å². The summed E-state index contributed by atoms with van der Waals surface area (Å²) in [5.74, 6) is 0.204. The number of carbonyl (C=O) groups is 1. The topological polar surface area (TPSA) is 117 Å². The molecule has 4 aromatic rings. The summed E-state index contributed by atoms with van der Waals surface area (Å²) < 4.78 is 12.4. The molecule has 0 fully saturated rings. The zero-order valence-electron chi connectivity index (χ0n) is 23.7. The van der Waals surface area contributed by atoms with Crippen LogP contribution in [0.15, 0.2) is 97.1 Å². The van der Waals surface area contributed by atoms with Gasteiger partial charge < -0.3 is 20.2 Å². The van der Waals surface area contributed by atoms with Crippen LogP contribution in [0.1, 0.15) is 36.7 Å². The molecule has 4 aromatic carbocycles. The molecule has 0 heterocycles. The molecule has 41 heavy (non-hydrogen) atoms. The maximum Gasteiger partial charge on any atom is 0.319 e. The van der Waals surface area contributed by atoms with Crippen LogP contribution in [-0.4, -0.2) is 32.8 Å². The number of nitro benzene ring substituents is 1. The van der Waals surface area contributed by atoms with E-state index in [1.165, 1.54) is 23.5 Å². The Hall–Kier alpha value is -4.63. The Bertz CT molecular complexity index is 1470. The van der Waals surface area contributed by atoms with Gasteiger partial charge in [-0.2, -0.15) is 0 Å². The first-order valence-corrected chi connectivity index (χ1v) is 15.3. The molecule has 0 atom stereocenters. The molecule has 0 saturated heterocycles. The number of nitrogens with zero attached hydrogens (tertiary/aromatic N) is 1. The van der Waals surface area contributed by atoms with E-state index in [2.05, 4.69) is 74.6 Å². The quantitative estimate of drug-likeness (QED) is 0.144. The number of anilines is 1. The standard InChI is InChI=1S/C32H35N3O5Si/c1-32(2,3)41(26-11-7-5-8-12-26,27-13-9-6-10-14-27)40-25-17-15-23(16-18-25)19-20-34-30-28(35(37)38)21-24(31(33)36)22-29(30)39-4/h5-18,21-22,34H,19-20H2,1-4H3,(H2,33,36). The molecule has 0 aliphatic carbocycles. The maximum atomic E-state index is 11.7. The van der Waals surface area contributed by atoms with Crippen molar-refractivity contribution in [1.82, 2.24) is 0 Å². The van der Waals surface area contributed by atoms with E-state index >= 15 is 0 Å². The molecule has 0 radical (unpaired) electrons. The van der Waals surface area contributed by atoms with Gasteiger partial charge in [-0.05, 0) is 45.6 Å². The van der Waals surface area contributed by atoms with Crippen LogP contribution in [0.5, 0.6) is 11.5 Å². The van der Waals surface area contributed by atoms with Crippen molar-refractivity contribution in [3.8, 4) is 11.5 Å². The van der Waals surface area contributed by atoms with Gasteiger partial charge in [-0.25, -0.2) is 0 Å². The van der Waals surface area contributed by atoms with Crippen LogP contribution in [-0.2, 0) is 6.42 Å². The molecule has 9 heteroatoms. The minimum absolute atomic E-state index is 0.00979. The average molecular weight is 570 g/mol. The van der Waals surface area contributed by atoms with Gasteiger partial charge in [0.05, 0.1) is 12.0 Å². The van der Waals surface area contributed by atoms with Crippen LogP contribution >= 0.6 is 0 Å². The number of ether oxygens (including phenoxy) is 1. The second-order valence-electron chi connectivity index (χ2n) is 10.8. The molecule has 4 rings (SSSR count). The van der Waals surface area contributed by atoms with Gasteiger partial charge >= 0.3 is 8.32 Å². The minimum Gasteiger partial charge on any atom is -0.534 e. The lowest BCUT2D eigenvalue weighted by Gasteiger charge is -2.43. The first kappa shape index (κ1) is 29.4. The SMILES string of the molecule is COc1cc(C(N)=O)cc([N+](=O)[O-])c1NCCc1ccc(O[Si](c2ccccc2)(c2ccccc2)C(C)(C)C)cc1. The molecule has 0 spiro atoms. The fourth-order valence-electron chi connectivity index (χ4n) is 5.11. The number of nitrogens with two attached hydrogens (primary N) is 1. The predicted molar refractivity (Wildman–Crippen MR) is 165 cm³/mol. The van der Waals surface area contributed by atoms with Gasteiger partial charge in [-0.1, -0.05) is 93.6 Å².